The number of anilines is 1. The van der Waals surface area contributed by atoms with Crippen molar-refractivity contribution in [1.82, 2.24) is 0 Å². The minimum absolute atomic E-state index is 0.188. The Morgan fingerprint density at radius 1 is 1.40 bits per heavy atom. The van der Waals surface area contributed by atoms with E-state index in [9.17, 15) is 4.39 Å². The van der Waals surface area contributed by atoms with Crippen molar-refractivity contribution in [2.75, 3.05) is 18.5 Å². The van der Waals surface area contributed by atoms with Gasteiger partial charge in [-0.2, -0.15) is 0 Å². The Morgan fingerprint density at radius 2 is 2.13 bits per heavy atom. The number of nitrogens with zero attached hydrogens (tertiary/aromatic N) is 1. The highest BCUT2D eigenvalue weighted by Gasteiger charge is 2.07. The second kappa shape index (κ2) is 5.96. The van der Waals surface area contributed by atoms with Crippen molar-refractivity contribution in [1.29, 1.82) is 0 Å². The van der Waals surface area contributed by atoms with Gasteiger partial charge >= 0.3 is 0 Å². The van der Waals surface area contributed by atoms with Crippen LogP contribution in [-0.4, -0.2) is 13.6 Å². The van der Waals surface area contributed by atoms with Crippen LogP contribution in [0.15, 0.2) is 18.2 Å². The first-order chi connectivity index (χ1) is 7.19. The lowest BCUT2D eigenvalue weighted by molar-refractivity contribution is 0.618. The SMILES string of the molecule is CCCCN(C)c1ccc(CCl)cc1F. The Hall–Kier alpha value is -0.760. The van der Waals surface area contributed by atoms with Crippen LogP contribution in [0.2, 0.25) is 0 Å². The third-order valence-corrected chi connectivity index (χ3v) is 2.73. The minimum atomic E-state index is -0.188. The van der Waals surface area contributed by atoms with E-state index in [-0.39, 0.29) is 5.82 Å². The summed E-state index contributed by atoms with van der Waals surface area (Å²) >= 11 is 5.63. The quantitative estimate of drug-likeness (QED) is 0.695. The van der Waals surface area contributed by atoms with Crippen LogP contribution in [0, 0.1) is 5.82 Å². The number of rotatable bonds is 5. The lowest BCUT2D eigenvalue weighted by atomic mass is 10.2. The molecule has 0 fully saturated rings. The first kappa shape index (κ1) is 12.3. The highest BCUT2D eigenvalue weighted by molar-refractivity contribution is 6.17. The summed E-state index contributed by atoms with van der Waals surface area (Å²) in [6.45, 7) is 3.01. The van der Waals surface area contributed by atoms with E-state index in [2.05, 4.69) is 6.92 Å². The summed E-state index contributed by atoms with van der Waals surface area (Å²) in [6.07, 6.45) is 2.19. The lowest BCUT2D eigenvalue weighted by Gasteiger charge is -2.19. The van der Waals surface area contributed by atoms with Gasteiger partial charge < -0.3 is 4.90 Å². The molecule has 0 heterocycles. The monoisotopic (exact) mass is 229 g/mol. The van der Waals surface area contributed by atoms with Gasteiger partial charge in [-0.25, -0.2) is 4.39 Å². The molecule has 0 aliphatic heterocycles. The molecule has 1 nitrogen and oxygen atoms in total. The molecule has 84 valence electrons. The van der Waals surface area contributed by atoms with E-state index in [0.29, 0.717) is 11.6 Å². The molecule has 0 aromatic heterocycles. The third-order valence-electron chi connectivity index (χ3n) is 2.42. The normalized spacial score (nSPS) is 10.4. The van der Waals surface area contributed by atoms with Crippen molar-refractivity contribution in [2.24, 2.45) is 0 Å². The lowest BCUT2D eigenvalue weighted by Crippen LogP contribution is -2.19. The van der Waals surface area contributed by atoms with E-state index in [1.54, 1.807) is 6.07 Å². The van der Waals surface area contributed by atoms with Gasteiger partial charge in [0.2, 0.25) is 0 Å². The van der Waals surface area contributed by atoms with Gasteiger partial charge in [-0.3, -0.25) is 0 Å². The molecule has 0 saturated heterocycles. The average Bonchev–Trinajstić information content (AvgIpc) is 2.25. The number of halogens is 2. The minimum Gasteiger partial charge on any atom is -0.372 e. The molecule has 0 unspecified atom stereocenters. The predicted molar refractivity (Wildman–Crippen MR) is 64.1 cm³/mol. The number of alkyl halides is 1. The molecule has 0 N–H and O–H groups in total. The molecule has 1 aromatic carbocycles. The van der Waals surface area contributed by atoms with Crippen LogP contribution in [0.1, 0.15) is 25.3 Å². The van der Waals surface area contributed by atoms with Crippen molar-refractivity contribution in [2.45, 2.75) is 25.6 Å². The fourth-order valence-electron chi connectivity index (χ4n) is 1.46. The molecule has 1 rings (SSSR count). The van der Waals surface area contributed by atoms with Gasteiger partial charge in [0.1, 0.15) is 5.82 Å². The summed E-state index contributed by atoms with van der Waals surface area (Å²) in [5.41, 5.74) is 1.47. The van der Waals surface area contributed by atoms with Crippen molar-refractivity contribution >= 4 is 17.3 Å². The molecule has 0 saturated carbocycles. The standard InChI is InChI=1S/C12H17ClFN/c1-3-4-7-15(2)12-6-5-10(9-13)8-11(12)14/h5-6,8H,3-4,7,9H2,1-2H3. The Bertz CT molecular complexity index is 314. The van der Waals surface area contributed by atoms with E-state index in [0.717, 1.165) is 24.9 Å². The number of unbranched alkanes of at least 4 members (excludes halogenated alkanes) is 1. The van der Waals surface area contributed by atoms with Crippen LogP contribution < -0.4 is 4.90 Å². The van der Waals surface area contributed by atoms with Crippen molar-refractivity contribution < 1.29 is 4.39 Å². The summed E-state index contributed by atoms with van der Waals surface area (Å²) in [6, 6.07) is 5.17. The van der Waals surface area contributed by atoms with Gasteiger partial charge in [0.15, 0.2) is 0 Å². The molecule has 0 bridgehead atoms. The highest BCUT2D eigenvalue weighted by atomic mass is 35.5. The summed E-state index contributed by atoms with van der Waals surface area (Å²) < 4.78 is 13.6. The zero-order valence-corrected chi connectivity index (χ0v) is 10.0. The van der Waals surface area contributed by atoms with Crippen LogP contribution in [0.25, 0.3) is 0 Å². The molecule has 0 aliphatic rings. The van der Waals surface area contributed by atoms with E-state index >= 15 is 0 Å². The molecule has 0 amide bonds. The maximum Gasteiger partial charge on any atom is 0.146 e. The zero-order valence-electron chi connectivity index (χ0n) is 9.26. The largest absolute Gasteiger partial charge is 0.372 e. The van der Waals surface area contributed by atoms with Crippen LogP contribution in [0.5, 0.6) is 0 Å². The van der Waals surface area contributed by atoms with E-state index < -0.39 is 0 Å². The molecule has 15 heavy (non-hydrogen) atoms. The van der Waals surface area contributed by atoms with Gasteiger partial charge in [-0.05, 0) is 24.1 Å². The summed E-state index contributed by atoms with van der Waals surface area (Å²) in [4.78, 5) is 1.94. The van der Waals surface area contributed by atoms with Crippen LogP contribution in [0.4, 0.5) is 10.1 Å². The maximum atomic E-state index is 13.6. The highest BCUT2D eigenvalue weighted by Crippen LogP contribution is 2.20. The summed E-state index contributed by atoms with van der Waals surface area (Å²) in [5, 5.41) is 0. The molecule has 3 heteroatoms. The average molecular weight is 230 g/mol. The second-order valence-corrected chi connectivity index (χ2v) is 3.96. The van der Waals surface area contributed by atoms with Gasteiger partial charge in [-0.15, -0.1) is 11.6 Å². The van der Waals surface area contributed by atoms with E-state index in [1.807, 2.05) is 18.0 Å². The Balaban J connectivity index is 2.76. The fourth-order valence-corrected chi connectivity index (χ4v) is 1.63. The van der Waals surface area contributed by atoms with Gasteiger partial charge in [-0.1, -0.05) is 19.4 Å². The summed E-state index contributed by atoms with van der Waals surface area (Å²) in [5.74, 6) is 0.169. The fraction of sp³-hybridized carbons (Fsp3) is 0.500. The van der Waals surface area contributed by atoms with Crippen LogP contribution >= 0.6 is 11.6 Å². The smallest absolute Gasteiger partial charge is 0.146 e. The van der Waals surface area contributed by atoms with Gasteiger partial charge in [0, 0.05) is 19.5 Å². The molecule has 0 radical (unpaired) electrons. The van der Waals surface area contributed by atoms with Crippen LogP contribution in [-0.2, 0) is 5.88 Å². The predicted octanol–water partition coefficient (Wildman–Crippen LogP) is 3.80. The zero-order chi connectivity index (χ0) is 11.3. The van der Waals surface area contributed by atoms with Crippen molar-refractivity contribution in [3.05, 3.63) is 29.6 Å². The molecule has 0 aliphatic carbocycles. The first-order valence-electron chi connectivity index (χ1n) is 5.24. The second-order valence-electron chi connectivity index (χ2n) is 3.69. The first-order valence-corrected chi connectivity index (χ1v) is 5.78. The van der Waals surface area contributed by atoms with E-state index in [4.69, 9.17) is 11.6 Å². The number of hydrogen-bond acceptors (Lipinski definition) is 1. The number of benzene rings is 1. The van der Waals surface area contributed by atoms with Gasteiger partial charge in [0.25, 0.3) is 0 Å². The molecule has 0 atom stereocenters. The third kappa shape index (κ3) is 3.38. The van der Waals surface area contributed by atoms with Gasteiger partial charge in [0.05, 0.1) is 5.69 Å². The topological polar surface area (TPSA) is 3.24 Å². The molecule has 1 aromatic rings. The molecule has 0 spiro atoms. The Kier molecular flexibility index (Phi) is 4.89. The Morgan fingerprint density at radius 3 is 2.67 bits per heavy atom. The Labute approximate surface area is 95.8 Å². The molecular formula is C12H17ClFN. The van der Waals surface area contributed by atoms with Crippen molar-refractivity contribution in [3.8, 4) is 0 Å². The number of hydrogen-bond donors (Lipinski definition) is 0. The maximum absolute atomic E-state index is 13.6. The van der Waals surface area contributed by atoms with E-state index in [1.165, 1.54) is 6.07 Å². The van der Waals surface area contributed by atoms with Crippen molar-refractivity contribution in [3.63, 3.8) is 0 Å². The van der Waals surface area contributed by atoms with Crippen LogP contribution in [0.3, 0.4) is 0 Å². The summed E-state index contributed by atoms with van der Waals surface area (Å²) in [7, 11) is 1.91. The molecular weight excluding hydrogens is 213 g/mol.